The third-order valence-corrected chi connectivity index (χ3v) is 4.57. The average molecular weight is 388 g/mol. The summed E-state index contributed by atoms with van der Waals surface area (Å²) < 4.78 is 17.3. The number of hydrogen-bond acceptors (Lipinski definition) is 4. The number of H-pyrrole nitrogens is 1. The van der Waals surface area contributed by atoms with E-state index in [2.05, 4.69) is 16.0 Å². The number of methoxy groups -OCH3 is 1. The van der Waals surface area contributed by atoms with Crippen LogP contribution in [0, 0.1) is 0 Å². The van der Waals surface area contributed by atoms with Gasteiger partial charge in [0.2, 0.25) is 0 Å². The van der Waals surface area contributed by atoms with Crippen LogP contribution in [-0.4, -0.2) is 29.8 Å². The zero-order valence-corrected chi connectivity index (χ0v) is 16.6. The maximum atomic E-state index is 6.07. The van der Waals surface area contributed by atoms with Crippen LogP contribution in [0.15, 0.2) is 72.9 Å². The van der Waals surface area contributed by atoms with Gasteiger partial charge < -0.3 is 19.2 Å². The maximum Gasteiger partial charge on any atom is 0.137 e. The highest BCUT2D eigenvalue weighted by molar-refractivity contribution is 5.83. The van der Waals surface area contributed by atoms with Gasteiger partial charge in [0.15, 0.2) is 0 Å². The molecule has 0 aliphatic rings. The first-order valence-corrected chi connectivity index (χ1v) is 9.63. The number of nitrogens with one attached hydrogen (secondary N) is 1. The van der Waals surface area contributed by atoms with Crippen LogP contribution in [-0.2, 0) is 11.3 Å². The Hall–Kier alpha value is -3.31. The van der Waals surface area contributed by atoms with Crippen LogP contribution in [0.1, 0.15) is 12.5 Å². The Morgan fingerprint density at radius 1 is 0.966 bits per heavy atom. The molecule has 0 aliphatic carbocycles. The Kier molecular flexibility index (Phi) is 5.77. The van der Waals surface area contributed by atoms with E-state index in [0.29, 0.717) is 13.2 Å². The van der Waals surface area contributed by atoms with Crippen molar-refractivity contribution in [2.75, 3.05) is 13.7 Å². The van der Waals surface area contributed by atoms with E-state index in [0.717, 1.165) is 39.4 Å². The Morgan fingerprint density at radius 3 is 2.59 bits per heavy atom. The molecule has 2 aromatic carbocycles. The largest absolute Gasteiger partial charge is 0.489 e. The van der Waals surface area contributed by atoms with Crippen LogP contribution < -0.4 is 9.47 Å². The number of ether oxygens (including phenoxy) is 3. The number of aromatic nitrogens is 2. The molecule has 0 saturated heterocycles. The summed E-state index contributed by atoms with van der Waals surface area (Å²) in [5, 5.41) is 1.06. The van der Waals surface area contributed by atoms with E-state index in [1.807, 2.05) is 67.6 Å². The van der Waals surface area contributed by atoms with Gasteiger partial charge in [-0.25, -0.2) is 4.98 Å². The van der Waals surface area contributed by atoms with Gasteiger partial charge in [-0.1, -0.05) is 30.3 Å². The molecule has 0 aliphatic heterocycles. The van der Waals surface area contributed by atoms with Crippen LogP contribution in [0.2, 0.25) is 0 Å². The van der Waals surface area contributed by atoms with Crippen LogP contribution >= 0.6 is 0 Å². The molecule has 4 rings (SSSR count). The van der Waals surface area contributed by atoms with E-state index < -0.39 is 0 Å². The second kappa shape index (κ2) is 8.80. The lowest BCUT2D eigenvalue weighted by Crippen LogP contribution is -2.18. The Labute approximate surface area is 170 Å². The highest BCUT2D eigenvalue weighted by Gasteiger charge is 2.11. The number of nitrogens with zero attached hydrogens (tertiary/aromatic N) is 1. The molecule has 0 fully saturated rings. The van der Waals surface area contributed by atoms with Crippen LogP contribution in [0.25, 0.3) is 22.3 Å². The third-order valence-electron chi connectivity index (χ3n) is 4.57. The molecule has 0 amide bonds. The topological polar surface area (TPSA) is 56.4 Å². The Bertz CT molecular complexity index is 1040. The van der Waals surface area contributed by atoms with Crippen molar-refractivity contribution in [3.63, 3.8) is 0 Å². The van der Waals surface area contributed by atoms with Gasteiger partial charge in [-0.05, 0) is 42.8 Å². The maximum absolute atomic E-state index is 6.07. The van der Waals surface area contributed by atoms with Crippen molar-refractivity contribution in [2.45, 2.75) is 19.6 Å². The number of pyridine rings is 1. The molecule has 0 bridgehead atoms. The lowest BCUT2D eigenvalue weighted by atomic mass is 10.1. The van der Waals surface area contributed by atoms with Crippen molar-refractivity contribution in [1.29, 1.82) is 0 Å². The van der Waals surface area contributed by atoms with Crippen molar-refractivity contribution in [2.24, 2.45) is 0 Å². The zero-order chi connectivity index (χ0) is 20.1. The first-order chi connectivity index (χ1) is 14.2. The minimum atomic E-state index is -0.0680. The molecule has 0 saturated carbocycles. The molecule has 1 N–H and O–H groups in total. The first-order valence-electron chi connectivity index (χ1n) is 9.63. The van der Waals surface area contributed by atoms with Gasteiger partial charge in [-0.2, -0.15) is 0 Å². The van der Waals surface area contributed by atoms with E-state index in [1.54, 1.807) is 13.3 Å². The Balaban J connectivity index is 1.65. The normalized spacial score (nSPS) is 12.1. The number of aromatic amines is 1. The SMILES string of the molecule is COCC(C)Oc1cc(OCc2ccccc2)cc(-c2cc3cccnc3[nH]2)c1. The molecule has 5 heteroatoms. The highest BCUT2D eigenvalue weighted by Crippen LogP contribution is 2.32. The summed E-state index contributed by atoms with van der Waals surface area (Å²) in [6.45, 7) is 2.99. The molecule has 29 heavy (non-hydrogen) atoms. The van der Waals surface area contributed by atoms with Crippen molar-refractivity contribution < 1.29 is 14.2 Å². The zero-order valence-electron chi connectivity index (χ0n) is 16.6. The molecule has 148 valence electrons. The standard InChI is InChI=1S/C24H24N2O3/c1-17(15-27-2)29-22-12-20(23-13-19-9-6-10-25-24(19)26-23)11-21(14-22)28-16-18-7-4-3-5-8-18/h3-14,17H,15-16H2,1-2H3,(H,25,26). The predicted octanol–water partition coefficient (Wildman–Crippen LogP) is 5.22. The summed E-state index contributed by atoms with van der Waals surface area (Å²) in [6, 6.07) is 22.1. The van der Waals surface area contributed by atoms with Gasteiger partial charge in [0.05, 0.1) is 6.61 Å². The smallest absolute Gasteiger partial charge is 0.137 e. The summed E-state index contributed by atoms with van der Waals surface area (Å²) in [6.07, 6.45) is 1.71. The van der Waals surface area contributed by atoms with E-state index in [-0.39, 0.29) is 6.10 Å². The van der Waals surface area contributed by atoms with Gasteiger partial charge in [-0.3, -0.25) is 0 Å². The summed E-state index contributed by atoms with van der Waals surface area (Å²) in [7, 11) is 1.67. The van der Waals surface area contributed by atoms with Crippen molar-refractivity contribution in [3.8, 4) is 22.8 Å². The minimum Gasteiger partial charge on any atom is -0.489 e. The van der Waals surface area contributed by atoms with Gasteiger partial charge in [0.1, 0.15) is 29.9 Å². The summed E-state index contributed by atoms with van der Waals surface area (Å²) >= 11 is 0. The Morgan fingerprint density at radius 2 is 1.79 bits per heavy atom. The number of hydrogen-bond donors (Lipinski definition) is 1. The van der Waals surface area contributed by atoms with E-state index in [1.165, 1.54) is 0 Å². The molecule has 0 radical (unpaired) electrons. The second-order valence-electron chi connectivity index (χ2n) is 6.98. The molecule has 5 nitrogen and oxygen atoms in total. The molecule has 2 heterocycles. The van der Waals surface area contributed by atoms with Crippen molar-refractivity contribution in [1.82, 2.24) is 9.97 Å². The molecular formula is C24H24N2O3. The van der Waals surface area contributed by atoms with E-state index >= 15 is 0 Å². The third kappa shape index (κ3) is 4.76. The quantitative estimate of drug-likeness (QED) is 0.449. The second-order valence-corrected chi connectivity index (χ2v) is 6.98. The highest BCUT2D eigenvalue weighted by atomic mass is 16.5. The van der Waals surface area contributed by atoms with Crippen molar-refractivity contribution >= 4 is 11.0 Å². The van der Waals surface area contributed by atoms with Gasteiger partial charge >= 0.3 is 0 Å². The van der Waals surface area contributed by atoms with Gasteiger partial charge in [0, 0.05) is 36.0 Å². The minimum absolute atomic E-state index is 0.0680. The number of benzene rings is 2. The lowest BCUT2D eigenvalue weighted by Gasteiger charge is -2.16. The fraction of sp³-hybridized carbons (Fsp3) is 0.208. The number of rotatable bonds is 8. The molecule has 2 aromatic heterocycles. The fourth-order valence-corrected chi connectivity index (χ4v) is 3.23. The molecule has 0 spiro atoms. The molecule has 4 aromatic rings. The summed E-state index contributed by atoms with van der Waals surface area (Å²) in [5.41, 5.74) is 3.91. The lowest BCUT2D eigenvalue weighted by molar-refractivity contribution is 0.0919. The summed E-state index contributed by atoms with van der Waals surface area (Å²) in [4.78, 5) is 7.76. The molecule has 1 atom stereocenters. The summed E-state index contributed by atoms with van der Waals surface area (Å²) in [5.74, 6) is 1.49. The van der Waals surface area contributed by atoms with Crippen LogP contribution in [0.4, 0.5) is 0 Å². The first kappa shape index (κ1) is 19.0. The van der Waals surface area contributed by atoms with Gasteiger partial charge in [0.25, 0.3) is 0 Å². The van der Waals surface area contributed by atoms with Crippen LogP contribution in [0.3, 0.4) is 0 Å². The van der Waals surface area contributed by atoms with E-state index in [4.69, 9.17) is 14.2 Å². The fourth-order valence-electron chi connectivity index (χ4n) is 3.23. The van der Waals surface area contributed by atoms with Gasteiger partial charge in [-0.15, -0.1) is 0 Å². The monoisotopic (exact) mass is 388 g/mol. The number of fused-ring (bicyclic) bond motifs is 1. The van der Waals surface area contributed by atoms with Crippen LogP contribution in [0.5, 0.6) is 11.5 Å². The average Bonchev–Trinajstić information content (AvgIpc) is 3.17. The van der Waals surface area contributed by atoms with E-state index in [9.17, 15) is 0 Å². The predicted molar refractivity (Wildman–Crippen MR) is 114 cm³/mol. The molecular weight excluding hydrogens is 364 g/mol. The molecule has 1 unspecified atom stereocenters. The van der Waals surface area contributed by atoms with Crippen molar-refractivity contribution in [3.05, 3.63) is 78.5 Å².